The molecule has 0 bridgehead atoms. The molecule has 0 spiro atoms. The molecule has 1 aromatic rings. The number of primary amides is 1. The van der Waals surface area contributed by atoms with Gasteiger partial charge in [-0.15, -0.1) is 0 Å². The Morgan fingerprint density at radius 3 is 3.00 bits per heavy atom. The van der Waals surface area contributed by atoms with Gasteiger partial charge in [-0.3, -0.25) is 4.79 Å². The van der Waals surface area contributed by atoms with E-state index in [4.69, 9.17) is 22.1 Å². The van der Waals surface area contributed by atoms with Gasteiger partial charge in [0.1, 0.15) is 0 Å². The molecule has 19 heavy (non-hydrogen) atoms. The molecule has 1 amide bonds. The number of nitrogens with one attached hydrogen (secondary N) is 1. The molecule has 0 saturated carbocycles. The zero-order valence-electron chi connectivity index (χ0n) is 10.8. The van der Waals surface area contributed by atoms with Crippen molar-refractivity contribution in [3.05, 3.63) is 34.3 Å². The first-order valence-electron chi connectivity index (χ1n) is 6.53. The third kappa shape index (κ3) is 4.20. The van der Waals surface area contributed by atoms with Crippen LogP contribution in [0, 0.1) is 5.92 Å². The number of amides is 1. The Balaban J connectivity index is 1.77. The SMILES string of the molecule is NC(=O)c1ccc(CNCCC2CCOC2)c(Cl)c1. The molecule has 4 nitrogen and oxygen atoms in total. The van der Waals surface area contributed by atoms with Gasteiger partial charge in [-0.1, -0.05) is 17.7 Å². The number of carbonyl (C=O) groups is 1. The lowest BCUT2D eigenvalue weighted by molar-refractivity contribution is 0.100. The summed E-state index contributed by atoms with van der Waals surface area (Å²) in [5.74, 6) is 0.225. The summed E-state index contributed by atoms with van der Waals surface area (Å²) < 4.78 is 5.33. The van der Waals surface area contributed by atoms with Crippen molar-refractivity contribution in [3.63, 3.8) is 0 Å². The van der Waals surface area contributed by atoms with E-state index in [2.05, 4.69) is 5.32 Å². The third-order valence-electron chi connectivity index (χ3n) is 3.41. The minimum absolute atomic E-state index is 0.442. The van der Waals surface area contributed by atoms with Gasteiger partial charge in [0.05, 0.1) is 0 Å². The van der Waals surface area contributed by atoms with E-state index in [0.29, 0.717) is 23.0 Å². The lowest BCUT2D eigenvalue weighted by Gasteiger charge is -2.10. The van der Waals surface area contributed by atoms with Gasteiger partial charge in [-0.2, -0.15) is 0 Å². The van der Waals surface area contributed by atoms with Gasteiger partial charge in [-0.25, -0.2) is 0 Å². The summed E-state index contributed by atoms with van der Waals surface area (Å²) in [4.78, 5) is 11.0. The Bertz CT molecular complexity index is 445. The summed E-state index contributed by atoms with van der Waals surface area (Å²) in [5, 5.41) is 3.94. The van der Waals surface area contributed by atoms with Crippen LogP contribution in [0.2, 0.25) is 5.02 Å². The third-order valence-corrected chi connectivity index (χ3v) is 3.76. The Hall–Kier alpha value is -1.10. The molecule has 3 N–H and O–H groups in total. The average molecular weight is 283 g/mol. The molecule has 0 radical (unpaired) electrons. The molecule has 1 unspecified atom stereocenters. The van der Waals surface area contributed by atoms with Gasteiger partial charge < -0.3 is 15.8 Å². The minimum atomic E-state index is -0.456. The fourth-order valence-corrected chi connectivity index (χ4v) is 2.43. The number of hydrogen-bond donors (Lipinski definition) is 2. The maximum Gasteiger partial charge on any atom is 0.248 e. The van der Waals surface area contributed by atoms with Crippen LogP contribution >= 0.6 is 11.6 Å². The van der Waals surface area contributed by atoms with Crippen molar-refractivity contribution in [1.82, 2.24) is 5.32 Å². The molecule has 1 atom stereocenters. The first-order valence-corrected chi connectivity index (χ1v) is 6.91. The van der Waals surface area contributed by atoms with Crippen LogP contribution in [0.4, 0.5) is 0 Å². The smallest absolute Gasteiger partial charge is 0.248 e. The van der Waals surface area contributed by atoms with Crippen molar-refractivity contribution in [2.24, 2.45) is 11.7 Å². The average Bonchev–Trinajstić information content (AvgIpc) is 2.89. The summed E-state index contributed by atoms with van der Waals surface area (Å²) in [6, 6.07) is 5.16. The number of halogens is 1. The number of ether oxygens (including phenoxy) is 1. The van der Waals surface area contributed by atoms with Gasteiger partial charge in [-0.05, 0) is 43.0 Å². The number of hydrogen-bond acceptors (Lipinski definition) is 3. The Kier molecular flexibility index (Phi) is 5.19. The van der Waals surface area contributed by atoms with Gasteiger partial charge in [0.15, 0.2) is 0 Å². The largest absolute Gasteiger partial charge is 0.381 e. The highest BCUT2D eigenvalue weighted by molar-refractivity contribution is 6.31. The number of nitrogens with two attached hydrogens (primary N) is 1. The van der Waals surface area contributed by atoms with Crippen LogP contribution in [0.15, 0.2) is 18.2 Å². The van der Waals surface area contributed by atoms with E-state index in [1.807, 2.05) is 6.07 Å². The molecule has 1 heterocycles. The molecule has 1 fully saturated rings. The van der Waals surface area contributed by atoms with E-state index < -0.39 is 5.91 Å². The van der Waals surface area contributed by atoms with Crippen molar-refractivity contribution >= 4 is 17.5 Å². The van der Waals surface area contributed by atoms with Crippen LogP contribution < -0.4 is 11.1 Å². The van der Waals surface area contributed by atoms with Crippen molar-refractivity contribution in [2.75, 3.05) is 19.8 Å². The Labute approximate surface area is 118 Å². The van der Waals surface area contributed by atoms with E-state index in [9.17, 15) is 4.79 Å². The minimum Gasteiger partial charge on any atom is -0.381 e. The summed E-state index contributed by atoms with van der Waals surface area (Å²) in [6.07, 6.45) is 2.28. The van der Waals surface area contributed by atoms with Crippen molar-refractivity contribution in [2.45, 2.75) is 19.4 Å². The van der Waals surface area contributed by atoms with E-state index in [1.165, 1.54) is 0 Å². The molecule has 1 aliphatic heterocycles. The second-order valence-corrected chi connectivity index (χ2v) is 5.27. The van der Waals surface area contributed by atoms with Gasteiger partial charge >= 0.3 is 0 Å². The predicted octanol–water partition coefficient (Wildman–Crippen LogP) is 1.96. The fourth-order valence-electron chi connectivity index (χ4n) is 2.18. The molecular weight excluding hydrogens is 264 g/mol. The molecule has 0 aromatic heterocycles. The zero-order valence-corrected chi connectivity index (χ0v) is 11.6. The van der Waals surface area contributed by atoms with Crippen LogP contribution in [0.1, 0.15) is 28.8 Å². The summed E-state index contributed by atoms with van der Waals surface area (Å²) >= 11 is 6.11. The van der Waals surface area contributed by atoms with Gasteiger partial charge in [0.2, 0.25) is 5.91 Å². The van der Waals surface area contributed by atoms with Crippen molar-refractivity contribution in [1.29, 1.82) is 0 Å². The number of benzene rings is 1. The van der Waals surface area contributed by atoms with E-state index in [1.54, 1.807) is 12.1 Å². The molecule has 1 aromatic carbocycles. The maximum absolute atomic E-state index is 11.0. The highest BCUT2D eigenvalue weighted by atomic mass is 35.5. The standard InChI is InChI=1S/C14H19ClN2O2/c15-13-7-11(14(16)18)1-2-12(13)8-17-5-3-10-4-6-19-9-10/h1-2,7,10,17H,3-6,8-9H2,(H2,16,18). The van der Waals surface area contributed by atoms with Crippen LogP contribution in [0.3, 0.4) is 0 Å². The normalized spacial score (nSPS) is 18.7. The molecule has 2 rings (SSSR count). The first-order chi connectivity index (χ1) is 9.16. The van der Waals surface area contributed by atoms with Crippen LogP contribution in [0.5, 0.6) is 0 Å². The second kappa shape index (κ2) is 6.89. The lowest BCUT2D eigenvalue weighted by atomic mass is 10.1. The summed E-state index contributed by atoms with van der Waals surface area (Å²) in [6.45, 7) is 3.42. The highest BCUT2D eigenvalue weighted by Crippen LogP contribution is 2.18. The zero-order chi connectivity index (χ0) is 13.7. The first kappa shape index (κ1) is 14.3. The monoisotopic (exact) mass is 282 g/mol. The van der Waals surface area contributed by atoms with E-state index in [0.717, 1.165) is 38.2 Å². The number of carbonyl (C=O) groups excluding carboxylic acids is 1. The van der Waals surface area contributed by atoms with Gasteiger partial charge in [0, 0.05) is 30.3 Å². The van der Waals surface area contributed by atoms with Crippen molar-refractivity contribution < 1.29 is 9.53 Å². The van der Waals surface area contributed by atoms with Crippen LogP contribution in [-0.2, 0) is 11.3 Å². The van der Waals surface area contributed by atoms with Crippen LogP contribution in [0.25, 0.3) is 0 Å². The quantitative estimate of drug-likeness (QED) is 0.784. The Morgan fingerprint density at radius 2 is 2.37 bits per heavy atom. The van der Waals surface area contributed by atoms with Gasteiger partial charge in [0.25, 0.3) is 0 Å². The topological polar surface area (TPSA) is 64.4 Å². The Morgan fingerprint density at radius 1 is 1.53 bits per heavy atom. The molecule has 1 aliphatic rings. The second-order valence-electron chi connectivity index (χ2n) is 4.87. The predicted molar refractivity (Wildman–Crippen MR) is 75.2 cm³/mol. The molecule has 5 heteroatoms. The molecular formula is C14H19ClN2O2. The molecule has 0 aliphatic carbocycles. The van der Waals surface area contributed by atoms with E-state index in [-0.39, 0.29) is 0 Å². The summed E-state index contributed by atoms with van der Waals surface area (Å²) in [7, 11) is 0. The highest BCUT2D eigenvalue weighted by Gasteiger charge is 2.14. The lowest BCUT2D eigenvalue weighted by Crippen LogP contribution is -2.18. The van der Waals surface area contributed by atoms with E-state index >= 15 is 0 Å². The summed E-state index contributed by atoms with van der Waals surface area (Å²) in [5.41, 5.74) is 6.62. The molecule has 104 valence electrons. The number of rotatable bonds is 6. The van der Waals surface area contributed by atoms with Crippen molar-refractivity contribution in [3.8, 4) is 0 Å². The van der Waals surface area contributed by atoms with Crippen LogP contribution in [-0.4, -0.2) is 25.7 Å². The maximum atomic E-state index is 11.0. The fraction of sp³-hybridized carbons (Fsp3) is 0.500. The molecule has 1 saturated heterocycles.